The SMILES string of the molecule is CCc1cc2c(C)c(Cl)ccc2[nH]1. The van der Waals surface area contributed by atoms with Gasteiger partial charge in [-0.1, -0.05) is 18.5 Å². The molecule has 1 N–H and O–H groups in total. The topological polar surface area (TPSA) is 15.8 Å². The number of aryl methyl sites for hydroxylation is 2. The first-order valence-electron chi connectivity index (χ1n) is 4.49. The molecule has 0 aliphatic heterocycles. The average Bonchev–Trinajstić information content (AvgIpc) is 2.55. The van der Waals surface area contributed by atoms with Gasteiger partial charge in [-0.3, -0.25) is 0 Å². The quantitative estimate of drug-likeness (QED) is 0.711. The highest BCUT2D eigenvalue weighted by Crippen LogP contribution is 2.25. The van der Waals surface area contributed by atoms with E-state index in [-0.39, 0.29) is 0 Å². The van der Waals surface area contributed by atoms with Crippen molar-refractivity contribution in [2.24, 2.45) is 0 Å². The Bertz CT molecular complexity index is 443. The van der Waals surface area contributed by atoms with Crippen LogP contribution in [-0.4, -0.2) is 4.98 Å². The maximum atomic E-state index is 6.03. The van der Waals surface area contributed by atoms with Crippen molar-refractivity contribution in [3.05, 3.63) is 34.5 Å². The Balaban J connectivity index is 2.76. The minimum absolute atomic E-state index is 0.842. The fraction of sp³-hybridized carbons (Fsp3) is 0.273. The highest BCUT2D eigenvalue weighted by Gasteiger charge is 2.04. The Morgan fingerprint density at radius 1 is 1.38 bits per heavy atom. The zero-order valence-electron chi connectivity index (χ0n) is 7.82. The lowest BCUT2D eigenvalue weighted by Gasteiger charge is -1.97. The third-order valence-electron chi connectivity index (χ3n) is 2.44. The summed E-state index contributed by atoms with van der Waals surface area (Å²) in [5.41, 5.74) is 3.61. The zero-order chi connectivity index (χ0) is 9.42. The fourth-order valence-corrected chi connectivity index (χ4v) is 1.74. The van der Waals surface area contributed by atoms with E-state index in [1.165, 1.54) is 16.6 Å². The van der Waals surface area contributed by atoms with Crippen molar-refractivity contribution in [3.63, 3.8) is 0 Å². The van der Waals surface area contributed by atoms with Crippen LogP contribution in [0.15, 0.2) is 18.2 Å². The van der Waals surface area contributed by atoms with E-state index in [1.54, 1.807) is 0 Å². The molecule has 0 saturated heterocycles. The van der Waals surface area contributed by atoms with E-state index in [0.29, 0.717) is 0 Å². The van der Waals surface area contributed by atoms with Gasteiger partial charge in [0, 0.05) is 21.6 Å². The zero-order valence-corrected chi connectivity index (χ0v) is 8.57. The van der Waals surface area contributed by atoms with Crippen molar-refractivity contribution in [1.29, 1.82) is 0 Å². The van der Waals surface area contributed by atoms with Crippen LogP contribution in [0.3, 0.4) is 0 Å². The van der Waals surface area contributed by atoms with Crippen LogP contribution in [0.5, 0.6) is 0 Å². The third-order valence-corrected chi connectivity index (χ3v) is 2.85. The van der Waals surface area contributed by atoms with Gasteiger partial charge in [0.25, 0.3) is 0 Å². The smallest absolute Gasteiger partial charge is 0.0459 e. The molecule has 0 atom stereocenters. The van der Waals surface area contributed by atoms with Gasteiger partial charge in [0.1, 0.15) is 0 Å². The Morgan fingerprint density at radius 3 is 2.85 bits per heavy atom. The molecule has 13 heavy (non-hydrogen) atoms. The van der Waals surface area contributed by atoms with Crippen LogP contribution in [0.1, 0.15) is 18.2 Å². The van der Waals surface area contributed by atoms with Gasteiger partial charge in [0.15, 0.2) is 0 Å². The van der Waals surface area contributed by atoms with Gasteiger partial charge in [0.05, 0.1) is 0 Å². The van der Waals surface area contributed by atoms with Crippen molar-refractivity contribution < 1.29 is 0 Å². The highest BCUT2D eigenvalue weighted by atomic mass is 35.5. The third kappa shape index (κ3) is 1.33. The van der Waals surface area contributed by atoms with Crippen molar-refractivity contribution in [1.82, 2.24) is 4.98 Å². The summed E-state index contributed by atoms with van der Waals surface area (Å²) < 4.78 is 0. The molecule has 68 valence electrons. The second-order valence-corrected chi connectivity index (χ2v) is 3.69. The molecule has 1 aromatic carbocycles. The predicted octanol–water partition coefficient (Wildman–Crippen LogP) is 3.69. The lowest BCUT2D eigenvalue weighted by Crippen LogP contribution is -1.76. The molecule has 1 nitrogen and oxygen atoms in total. The Kier molecular flexibility index (Phi) is 2.04. The van der Waals surface area contributed by atoms with Gasteiger partial charge in [0.2, 0.25) is 0 Å². The number of rotatable bonds is 1. The van der Waals surface area contributed by atoms with Crippen LogP contribution >= 0.6 is 11.6 Å². The lowest BCUT2D eigenvalue weighted by atomic mass is 10.1. The Hall–Kier alpha value is -0.950. The molecule has 0 unspecified atom stereocenters. The standard InChI is InChI=1S/C11H12ClN/c1-3-8-6-9-7(2)10(12)4-5-11(9)13-8/h4-6,13H,3H2,1-2H3. The largest absolute Gasteiger partial charge is 0.358 e. The van der Waals surface area contributed by atoms with Crippen molar-refractivity contribution in [3.8, 4) is 0 Å². The van der Waals surface area contributed by atoms with Crippen molar-refractivity contribution in [2.45, 2.75) is 20.3 Å². The Morgan fingerprint density at radius 2 is 2.15 bits per heavy atom. The molecule has 0 aliphatic rings. The van der Waals surface area contributed by atoms with Crippen LogP contribution in [0.25, 0.3) is 10.9 Å². The molecule has 0 amide bonds. The second-order valence-electron chi connectivity index (χ2n) is 3.28. The summed E-state index contributed by atoms with van der Waals surface area (Å²) in [5, 5.41) is 2.08. The molecule has 0 bridgehead atoms. The van der Waals surface area contributed by atoms with Crippen molar-refractivity contribution in [2.75, 3.05) is 0 Å². The fourth-order valence-electron chi connectivity index (χ4n) is 1.57. The van der Waals surface area contributed by atoms with Gasteiger partial charge >= 0.3 is 0 Å². The first kappa shape index (κ1) is 8.64. The summed E-state index contributed by atoms with van der Waals surface area (Å²) in [4.78, 5) is 3.35. The number of fused-ring (bicyclic) bond motifs is 1. The summed E-state index contributed by atoms with van der Waals surface area (Å²) in [7, 11) is 0. The number of hydrogen-bond donors (Lipinski definition) is 1. The van der Waals surface area contributed by atoms with Gasteiger partial charge in [-0.05, 0) is 37.1 Å². The molecule has 0 fully saturated rings. The molecular formula is C11H12ClN. The van der Waals surface area contributed by atoms with Gasteiger partial charge < -0.3 is 4.98 Å². The summed E-state index contributed by atoms with van der Waals surface area (Å²) in [6.07, 6.45) is 1.03. The van der Waals surface area contributed by atoms with E-state index in [4.69, 9.17) is 11.6 Å². The molecule has 0 aliphatic carbocycles. The first-order chi connectivity index (χ1) is 6.22. The second kappa shape index (κ2) is 3.08. The van der Waals surface area contributed by atoms with E-state index in [0.717, 1.165) is 17.0 Å². The maximum Gasteiger partial charge on any atom is 0.0459 e. The Labute approximate surface area is 82.7 Å². The van der Waals surface area contributed by atoms with E-state index < -0.39 is 0 Å². The first-order valence-corrected chi connectivity index (χ1v) is 4.87. The van der Waals surface area contributed by atoms with E-state index in [1.807, 2.05) is 12.1 Å². The number of aromatic nitrogens is 1. The normalized spacial score (nSPS) is 11.0. The summed E-state index contributed by atoms with van der Waals surface area (Å²) in [6.45, 7) is 4.19. The van der Waals surface area contributed by atoms with Crippen LogP contribution < -0.4 is 0 Å². The van der Waals surface area contributed by atoms with E-state index in [2.05, 4.69) is 24.9 Å². The molecule has 2 aromatic rings. The van der Waals surface area contributed by atoms with Gasteiger partial charge in [-0.2, -0.15) is 0 Å². The monoisotopic (exact) mass is 193 g/mol. The number of halogens is 1. The number of nitrogens with one attached hydrogen (secondary N) is 1. The molecule has 2 heteroatoms. The lowest BCUT2D eigenvalue weighted by molar-refractivity contribution is 1.07. The molecule has 0 radical (unpaired) electrons. The number of H-pyrrole nitrogens is 1. The summed E-state index contributed by atoms with van der Waals surface area (Å²) in [6, 6.07) is 6.15. The molecule has 1 heterocycles. The molecule has 2 rings (SSSR count). The van der Waals surface area contributed by atoms with Crippen LogP contribution in [0.2, 0.25) is 5.02 Å². The minimum Gasteiger partial charge on any atom is -0.358 e. The molecule has 1 aromatic heterocycles. The van der Waals surface area contributed by atoms with Crippen LogP contribution in [0, 0.1) is 6.92 Å². The average molecular weight is 194 g/mol. The maximum absolute atomic E-state index is 6.03. The number of benzene rings is 1. The van der Waals surface area contributed by atoms with Crippen LogP contribution in [-0.2, 0) is 6.42 Å². The minimum atomic E-state index is 0.842. The molecule has 0 spiro atoms. The molecular weight excluding hydrogens is 182 g/mol. The van der Waals surface area contributed by atoms with E-state index in [9.17, 15) is 0 Å². The van der Waals surface area contributed by atoms with Gasteiger partial charge in [-0.25, -0.2) is 0 Å². The van der Waals surface area contributed by atoms with Crippen LogP contribution in [0.4, 0.5) is 0 Å². The van der Waals surface area contributed by atoms with E-state index >= 15 is 0 Å². The number of hydrogen-bond acceptors (Lipinski definition) is 0. The summed E-state index contributed by atoms with van der Waals surface area (Å²) >= 11 is 6.03. The summed E-state index contributed by atoms with van der Waals surface area (Å²) in [5.74, 6) is 0. The predicted molar refractivity (Wildman–Crippen MR) is 57.4 cm³/mol. The van der Waals surface area contributed by atoms with Gasteiger partial charge in [-0.15, -0.1) is 0 Å². The van der Waals surface area contributed by atoms with Crippen molar-refractivity contribution >= 4 is 22.5 Å². The number of aromatic amines is 1. The highest BCUT2D eigenvalue weighted by molar-refractivity contribution is 6.32. The molecule has 0 saturated carbocycles.